The Hall–Kier alpha value is -4.40. The van der Waals surface area contributed by atoms with Gasteiger partial charge >= 0.3 is 18.4 Å². The number of hydrazine groups is 1. The zero-order valence-corrected chi connectivity index (χ0v) is 22.9. The summed E-state index contributed by atoms with van der Waals surface area (Å²) < 4.78 is 89.8. The molecule has 3 amide bonds. The number of hydrogen-bond donors (Lipinski definition) is 4. The van der Waals surface area contributed by atoms with Gasteiger partial charge in [-0.25, -0.2) is 9.78 Å². The predicted molar refractivity (Wildman–Crippen MR) is 144 cm³/mol. The van der Waals surface area contributed by atoms with Crippen molar-refractivity contribution in [1.29, 1.82) is 0 Å². The first kappa shape index (κ1) is 34.8. The highest BCUT2D eigenvalue weighted by atomic mass is 19.4. The summed E-state index contributed by atoms with van der Waals surface area (Å²) >= 11 is 0. The van der Waals surface area contributed by atoms with Gasteiger partial charge in [-0.05, 0) is 43.2 Å². The second kappa shape index (κ2) is 14.7. The van der Waals surface area contributed by atoms with E-state index in [2.05, 4.69) is 18.1 Å². The van der Waals surface area contributed by atoms with Gasteiger partial charge in [0, 0.05) is 0 Å². The first-order valence-electron chi connectivity index (χ1n) is 12.8. The summed E-state index contributed by atoms with van der Waals surface area (Å²) in [7, 11) is 0. The second-order valence-corrected chi connectivity index (χ2v) is 9.35. The molecule has 0 bridgehead atoms. The van der Waals surface area contributed by atoms with Crippen molar-refractivity contribution in [2.45, 2.75) is 63.1 Å². The molecule has 2 unspecified atom stereocenters. The van der Waals surface area contributed by atoms with Crippen LogP contribution in [0.4, 0.5) is 36.8 Å². The van der Waals surface area contributed by atoms with Crippen molar-refractivity contribution < 1.29 is 50.6 Å². The van der Waals surface area contributed by atoms with E-state index in [0.29, 0.717) is 11.6 Å². The van der Waals surface area contributed by atoms with Crippen LogP contribution in [0.15, 0.2) is 61.7 Å². The molecule has 0 saturated heterocycles. The van der Waals surface area contributed by atoms with Crippen LogP contribution < -0.4 is 16.2 Å². The van der Waals surface area contributed by atoms with Crippen molar-refractivity contribution in [2.75, 3.05) is 5.32 Å². The molecule has 0 aliphatic heterocycles. The molecule has 1 aromatic heterocycles. The number of carbonyl (C=O) groups excluding carboxylic acids is 2. The third-order valence-electron chi connectivity index (χ3n) is 6.23. The number of carboxylic acid groups (broad SMARTS) is 1. The van der Waals surface area contributed by atoms with Crippen molar-refractivity contribution in [3.05, 3.63) is 84.2 Å². The van der Waals surface area contributed by atoms with Crippen molar-refractivity contribution in [3.63, 3.8) is 0 Å². The number of aromatic nitrogens is 1. The molecule has 1 aromatic carbocycles. The molecule has 43 heavy (non-hydrogen) atoms. The molecule has 0 saturated carbocycles. The van der Waals surface area contributed by atoms with Crippen molar-refractivity contribution >= 4 is 23.6 Å². The Kier molecular flexibility index (Phi) is 11.9. The fourth-order valence-corrected chi connectivity index (χ4v) is 3.98. The molecule has 0 aliphatic rings. The molecule has 2 rings (SSSR count). The van der Waals surface area contributed by atoms with Crippen LogP contribution >= 0.6 is 0 Å². The topological polar surface area (TPSA) is 130 Å². The standard InChI is InChI=1S/C28H30F6N4O5/c1-4-6-11-17(3)21-19(27(29,30)31)15-20(35-25(41)42)22(36-21)23(39)37-38-24(40)26(14-7-5-2,28(32,33)34)43-16-18-12-9-8-10-13-18/h4-5,8-10,12-13,15,17,35H,1-2,6-7,11,14,16H2,3H3,(H,37,39)(H,38,40)(H,41,42). The summed E-state index contributed by atoms with van der Waals surface area (Å²) in [5.41, 5.74) is -3.66. The van der Waals surface area contributed by atoms with E-state index in [4.69, 9.17) is 9.84 Å². The van der Waals surface area contributed by atoms with Gasteiger partial charge < -0.3 is 9.84 Å². The molecule has 2 aromatic rings. The molecular weight excluding hydrogens is 586 g/mol. The van der Waals surface area contributed by atoms with Gasteiger partial charge in [0.2, 0.25) is 5.60 Å². The fraction of sp³-hybridized carbons (Fsp3) is 0.357. The van der Waals surface area contributed by atoms with Gasteiger partial charge in [-0.3, -0.25) is 25.8 Å². The highest BCUT2D eigenvalue weighted by Gasteiger charge is 2.61. The third kappa shape index (κ3) is 9.04. The molecule has 0 radical (unpaired) electrons. The largest absolute Gasteiger partial charge is 0.465 e. The van der Waals surface area contributed by atoms with Crippen LogP contribution in [0.25, 0.3) is 0 Å². The van der Waals surface area contributed by atoms with Gasteiger partial charge in [0.25, 0.3) is 11.8 Å². The van der Waals surface area contributed by atoms with E-state index in [1.54, 1.807) is 34.4 Å². The second-order valence-electron chi connectivity index (χ2n) is 9.35. The quantitative estimate of drug-likeness (QED) is 0.115. The molecule has 9 nitrogen and oxygen atoms in total. The maximum Gasteiger partial charge on any atom is 0.426 e. The number of benzene rings is 1. The van der Waals surface area contributed by atoms with E-state index >= 15 is 0 Å². The fourth-order valence-electron chi connectivity index (χ4n) is 3.98. The normalized spacial score (nSPS) is 13.7. The van der Waals surface area contributed by atoms with Crippen molar-refractivity contribution in [1.82, 2.24) is 15.8 Å². The zero-order valence-electron chi connectivity index (χ0n) is 22.9. The lowest BCUT2D eigenvalue weighted by atomic mass is 9.95. The average Bonchev–Trinajstić information content (AvgIpc) is 2.93. The van der Waals surface area contributed by atoms with E-state index in [1.807, 2.05) is 0 Å². The lowest BCUT2D eigenvalue weighted by molar-refractivity contribution is -0.273. The lowest BCUT2D eigenvalue weighted by Gasteiger charge is -2.34. The smallest absolute Gasteiger partial charge is 0.426 e. The minimum absolute atomic E-state index is 0.124. The van der Waals surface area contributed by atoms with Crippen LogP contribution in [-0.4, -0.2) is 39.8 Å². The van der Waals surface area contributed by atoms with Crippen molar-refractivity contribution in [2.24, 2.45) is 0 Å². The summed E-state index contributed by atoms with van der Waals surface area (Å²) in [5, 5.41) is 10.8. The zero-order chi connectivity index (χ0) is 32.4. The lowest BCUT2D eigenvalue weighted by Crippen LogP contribution is -2.61. The summed E-state index contributed by atoms with van der Waals surface area (Å²) in [5.74, 6) is -4.24. The predicted octanol–water partition coefficient (Wildman–Crippen LogP) is 6.51. The van der Waals surface area contributed by atoms with E-state index in [9.17, 15) is 40.7 Å². The third-order valence-corrected chi connectivity index (χ3v) is 6.23. The monoisotopic (exact) mass is 616 g/mol. The maximum absolute atomic E-state index is 14.4. The Balaban J connectivity index is 2.49. The van der Waals surface area contributed by atoms with Crippen LogP contribution in [0.5, 0.6) is 0 Å². The number of ether oxygens (including phenoxy) is 1. The Bertz CT molecular complexity index is 1320. The van der Waals surface area contributed by atoms with Gasteiger partial charge in [0.15, 0.2) is 5.69 Å². The van der Waals surface area contributed by atoms with Crippen LogP contribution in [0.3, 0.4) is 0 Å². The summed E-state index contributed by atoms with van der Waals surface area (Å²) in [6, 6.07) is 8.00. The first-order chi connectivity index (χ1) is 20.1. The first-order valence-corrected chi connectivity index (χ1v) is 12.8. The van der Waals surface area contributed by atoms with Gasteiger partial charge in [0.05, 0.1) is 23.6 Å². The number of hydrogen-bond acceptors (Lipinski definition) is 5. The Labute approximate surface area is 243 Å². The number of anilines is 1. The molecule has 1 heterocycles. The molecule has 15 heteroatoms. The van der Waals surface area contributed by atoms with Crippen molar-refractivity contribution in [3.8, 4) is 0 Å². The molecule has 234 valence electrons. The number of nitrogens with zero attached hydrogens (tertiary/aromatic N) is 1. The van der Waals surface area contributed by atoms with E-state index < -0.39 is 77.4 Å². The number of amides is 3. The summed E-state index contributed by atoms with van der Waals surface area (Å²) in [6.07, 6.45) is -10.4. The number of nitrogens with one attached hydrogen (secondary N) is 3. The average molecular weight is 617 g/mol. The Morgan fingerprint density at radius 2 is 1.65 bits per heavy atom. The molecular formula is C28H30F6N4O5. The summed E-state index contributed by atoms with van der Waals surface area (Å²) in [4.78, 5) is 41.1. The number of allylic oxidation sites excluding steroid dienone is 2. The van der Waals surface area contributed by atoms with Crippen LogP contribution in [0, 0.1) is 0 Å². The van der Waals surface area contributed by atoms with Crippen LogP contribution in [0.1, 0.15) is 65.8 Å². The van der Waals surface area contributed by atoms with E-state index in [1.165, 1.54) is 25.1 Å². The van der Waals surface area contributed by atoms with Gasteiger partial charge in [-0.15, -0.1) is 13.2 Å². The molecule has 0 spiro atoms. The highest BCUT2D eigenvalue weighted by molar-refractivity contribution is 6.02. The highest BCUT2D eigenvalue weighted by Crippen LogP contribution is 2.40. The summed E-state index contributed by atoms with van der Waals surface area (Å²) in [6.45, 7) is 7.61. The van der Waals surface area contributed by atoms with Gasteiger partial charge in [0.1, 0.15) is 0 Å². The SMILES string of the molecule is C=CCCC(C)c1nc(C(=O)NNC(=O)C(CCC=C)(OCc2ccccc2)C(F)(F)F)c(NC(=O)O)cc1C(F)(F)F. The molecule has 4 N–H and O–H groups in total. The molecule has 0 fully saturated rings. The van der Waals surface area contributed by atoms with Crippen LogP contribution in [-0.2, 0) is 22.3 Å². The number of halogens is 6. The van der Waals surface area contributed by atoms with Gasteiger partial charge in [-0.1, -0.05) is 49.4 Å². The molecule has 0 aliphatic carbocycles. The molecule has 2 atom stereocenters. The minimum Gasteiger partial charge on any atom is -0.465 e. The number of rotatable bonds is 13. The number of alkyl halides is 6. The Morgan fingerprint density at radius 1 is 1.02 bits per heavy atom. The van der Waals surface area contributed by atoms with E-state index in [-0.39, 0.29) is 19.3 Å². The number of pyridine rings is 1. The number of carbonyl (C=O) groups is 3. The van der Waals surface area contributed by atoms with Crippen LogP contribution in [0.2, 0.25) is 0 Å². The van der Waals surface area contributed by atoms with E-state index in [0.717, 1.165) is 6.08 Å². The maximum atomic E-state index is 14.4. The van der Waals surface area contributed by atoms with Gasteiger partial charge in [-0.2, -0.15) is 26.3 Å². The minimum atomic E-state index is -5.30. The Morgan fingerprint density at radius 3 is 2.19 bits per heavy atom.